The molecule has 5 nitrogen and oxygen atoms in total. The molecule has 0 amide bonds. The van der Waals surface area contributed by atoms with Crippen molar-refractivity contribution in [3.05, 3.63) is 46.4 Å². The van der Waals surface area contributed by atoms with Gasteiger partial charge in [-0.2, -0.15) is 5.10 Å². The molecule has 0 saturated carbocycles. The monoisotopic (exact) mass is 347 g/mol. The van der Waals surface area contributed by atoms with E-state index in [2.05, 4.69) is 25.8 Å². The van der Waals surface area contributed by atoms with Crippen LogP contribution in [0.25, 0.3) is 0 Å². The predicted molar refractivity (Wildman–Crippen MR) is 71.3 cm³/mol. The Labute approximate surface area is 118 Å². The Morgan fingerprint density at radius 3 is 2.79 bits per heavy atom. The minimum Gasteiger partial charge on any atom is -0.275 e. The Kier molecular flexibility index (Phi) is 4.02. The third kappa shape index (κ3) is 3.40. The molecular weight excluding hydrogens is 337 g/mol. The third-order valence-electron chi connectivity index (χ3n) is 2.41. The van der Waals surface area contributed by atoms with Crippen LogP contribution in [-0.4, -0.2) is 18.2 Å². The summed E-state index contributed by atoms with van der Waals surface area (Å²) in [6.07, 6.45) is 3.22. The van der Waals surface area contributed by atoms with E-state index in [0.717, 1.165) is 6.07 Å². The van der Waals surface area contributed by atoms with Gasteiger partial charge in [-0.15, -0.1) is 0 Å². The quantitative estimate of drug-likeness (QED) is 0.917. The molecular formula is C11H11BrFN3O2S. The highest BCUT2D eigenvalue weighted by Gasteiger charge is 2.18. The zero-order valence-electron chi connectivity index (χ0n) is 9.97. The molecule has 1 heterocycles. The summed E-state index contributed by atoms with van der Waals surface area (Å²) in [7, 11) is -2.15. The number of aryl methyl sites for hydroxylation is 1. The first kappa shape index (κ1) is 14.2. The summed E-state index contributed by atoms with van der Waals surface area (Å²) in [6.45, 7) is 0.0612. The first-order chi connectivity index (χ1) is 8.88. The lowest BCUT2D eigenvalue weighted by Crippen LogP contribution is -2.24. The molecule has 0 aliphatic rings. The van der Waals surface area contributed by atoms with Gasteiger partial charge >= 0.3 is 0 Å². The molecule has 0 fully saturated rings. The van der Waals surface area contributed by atoms with Crippen LogP contribution in [0.15, 0.2) is 40.0 Å². The lowest BCUT2D eigenvalue weighted by Gasteiger charge is -2.06. The third-order valence-corrected chi connectivity index (χ3v) is 4.34. The molecule has 1 aromatic heterocycles. The fraction of sp³-hybridized carbons (Fsp3) is 0.182. The molecule has 0 bridgehead atoms. The van der Waals surface area contributed by atoms with Crippen molar-refractivity contribution in [3.63, 3.8) is 0 Å². The SMILES string of the molecule is Cn1cc(CNS(=O)(=O)c2ccc(Br)cc2F)cn1. The number of sulfonamides is 1. The fourth-order valence-electron chi connectivity index (χ4n) is 1.51. The zero-order valence-corrected chi connectivity index (χ0v) is 12.4. The van der Waals surface area contributed by atoms with Crippen LogP contribution >= 0.6 is 15.9 Å². The summed E-state index contributed by atoms with van der Waals surface area (Å²) in [5, 5.41) is 3.92. The minimum absolute atomic E-state index is 0.0612. The number of hydrogen-bond donors (Lipinski definition) is 1. The molecule has 1 aromatic carbocycles. The average molecular weight is 348 g/mol. The number of hydrogen-bond acceptors (Lipinski definition) is 3. The van der Waals surface area contributed by atoms with Crippen molar-refractivity contribution >= 4 is 26.0 Å². The Balaban J connectivity index is 2.18. The normalized spacial score (nSPS) is 11.7. The van der Waals surface area contributed by atoms with E-state index < -0.39 is 15.8 Å². The van der Waals surface area contributed by atoms with Gasteiger partial charge in [-0.05, 0) is 18.2 Å². The van der Waals surface area contributed by atoms with Gasteiger partial charge in [0.15, 0.2) is 0 Å². The molecule has 0 atom stereocenters. The molecule has 1 N–H and O–H groups in total. The molecule has 0 radical (unpaired) electrons. The van der Waals surface area contributed by atoms with Crippen LogP contribution in [0.5, 0.6) is 0 Å². The maximum absolute atomic E-state index is 13.6. The maximum Gasteiger partial charge on any atom is 0.243 e. The first-order valence-corrected chi connectivity index (χ1v) is 7.58. The van der Waals surface area contributed by atoms with Crippen LogP contribution in [0.4, 0.5) is 4.39 Å². The average Bonchev–Trinajstić information content (AvgIpc) is 2.72. The van der Waals surface area contributed by atoms with Crippen molar-refractivity contribution in [1.29, 1.82) is 0 Å². The van der Waals surface area contributed by atoms with E-state index in [1.54, 1.807) is 24.1 Å². The standard InChI is InChI=1S/C11H11BrFN3O2S/c1-16-7-8(5-14-16)6-15-19(17,18)11-3-2-9(12)4-10(11)13/h2-5,7,15H,6H2,1H3. The van der Waals surface area contributed by atoms with E-state index in [0.29, 0.717) is 10.0 Å². The highest BCUT2D eigenvalue weighted by molar-refractivity contribution is 9.10. The minimum atomic E-state index is -3.88. The summed E-state index contributed by atoms with van der Waals surface area (Å²) in [4.78, 5) is -0.375. The Morgan fingerprint density at radius 1 is 1.47 bits per heavy atom. The molecule has 2 rings (SSSR count). The van der Waals surface area contributed by atoms with Gasteiger partial charge in [0.1, 0.15) is 10.7 Å². The van der Waals surface area contributed by atoms with Gasteiger partial charge in [0.25, 0.3) is 0 Å². The van der Waals surface area contributed by atoms with Crippen molar-refractivity contribution in [2.75, 3.05) is 0 Å². The van der Waals surface area contributed by atoms with Gasteiger partial charge in [-0.3, -0.25) is 4.68 Å². The second-order valence-corrected chi connectivity index (χ2v) is 6.57. The van der Waals surface area contributed by atoms with E-state index in [1.165, 1.54) is 12.1 Å². The molecule has 2 aromatic rings. The van der Waals surface area contributed by atoms with E-state index in [9.17, 15) is 12.8 Å². The number of nitrogens with zero attached hydrogens (tertiary/aromatic N) is 2. The lowest BCUT2D eigenvalue weighted by atomic mass is 10.3. The van der Waals surface area contributed by atoms with Gasteiger partial charge in [0.05, 0.1) is 6.20 Å². The molecule has 0 spiro atoms. The lowest BCUT2D eigenvalue weighted by molar-refractivity contribution is 0.556. The summed E-state index contributed by atoms with van der Waals surface area (Å²) in [5.41, 5.74) is 0.698. The predicted octanol–water partition coefficient (Wildman–Crippen LogP) is 1.80. The maximum atomic E-state index is 13.6. The molecule has 0 saturated heterocycles. The molecule has 0 aliphatic heterocycles. The summed E-state index contributed by atoms with van der Waals surface area (Å²) in [5.74, 6) is -0.798. The summed E-state index contributed by atoms with van der Waals surface area (Å²) in [6, 6.07) is 3.80. The van der Waals surface area contributed by atoms with Gasteiger partial charge < -0.3 is 0 Å². The Hall–Kier alpha value is -1.25. The van der Waals surface area contributed by atoms with Crippen molar-refractivity contribution in [3.8, 4) is 0 Å². The van der Waals surface area contributed by atoms with Crippen LogP contribution in [-0.2, 0) is 23.6 Å². The number of halogens is 2. The van der Waals surface area contributed by atoms with E-state index in [-0.39, 0.29) is 11.4 Å². The van der Waals surface area contributed by atoms with Crippen molar-refractivity contribution < 1.29 is 12.8 Å². The van der Waals surface area contributed by atoms with Gasteiger partial charge in [0.2, 0.25) is 10.0 Å². The highest BCUT2D eigenvalue weighted by atomic mass is 79.9. The highest BCUT2D eigenvalue weighted by Crippen LogP contribution is 2.19. The molecule has 0 unspecified atom stereocenters. The Bertz CT molecular complexity index is 700. The fourth-order valence-corrected chi connectivity index (χ4v) is 2.92. The van der Waals surface area contributed by atoms with Crippen LogP contribution < -0.4 is 4.72 Å². The zero-order chi connectivity index (χ0) is 14.0. The molecule has 0 aliphatic carbocycles. The number of rotatable bonds is 4. The smallest absolute Gasteiger partial charge is 0.243 e. The van der Waals surface area contributed by atoms with E-state index >= 15 is 0 Å². The van der Waals surface area contributed by atoms with E-state index in [1.807, 2.05) is 0 Å². The van der Waals surface area contributed by atoms with Crippen LogP contribution in [0.1, 0.15) is 5.56 Å². The number of aromatic nitrogens is 2. The second kappa shape index (κ2) is 5.40. The molecule has 8 heteroatoms. The summed E-state index contributed by atoms with van der Waals surface area (Å²) >= 11 is 3.08. The van der Waals surface area contributed by atoms with Crippen LogP contribution in [0.2, 0.25) is 0 Å². The van der Waals surface area contributed by atoms with Crippen LogP contribution in [0.3, 0.4) is 0 Å². The van der Waals surface area contributed by atoms with Crippen molar-refractivity contribution in [1.82, 2.24) is 14.5 Å². The van der Waals surface area contributed by atoms with Crippen molar-refractivity contribution in [2.45, 2.75) is 11.4 Å². The van der Waals surface area contributed by atoms with E-state index in [4.69, 9.17) is 0 Å². The van der Waals surface area contributed by atoms with Gasteiger partial charge in [0, 0.05) is 29.8 Å². The Morgan fingerprint density at radius 2 is 2.21 bits per heavy atom. The first-order valence-electron chi connectivity index (χ1n) is 5.31. The second-order valence-electron chi connectivity index (χ2n) is 3.92. The van der Waals surface area contributed by atoms with Gasteiger partial charge in [-0.1, -0.05) is 15.9 Å². The van der Waals surface area contributed by atoms with Gasteiger partial charge in [-0.25, -0.2) is 17.5 Å². The molecule has 102 valence electrons. The molecule has 19 heavy (non-hydrogen) atoms. The topological polar surface area (TPSA) is 64.0 Å². The summed E-state index contributed by atoms with van der Waals surface area (Å²) < 4.78 is 41.9. The van der Waals surface area contributed by atoms with Crippen molar-refractivity contribution in [2.24, 2.45) is 7.05 Å². The number of benzene rings is 1. The van der Waals surface area contributed by atoms with Crippen LogP contribution in [0, 0.1) is 5.82 Å². The largest absolute Gasteiger partial charge is 0.275 e. The number of nitrogens with one attached hydrogen (secondary N) is 1.